The minimum atomic E-state index is -0.237. The summed E-state index contributed by atoms with van der Waals surface area (Å²) in [7, 11) is 0. The minimum Gasteiger partial charge on any atom is -0.411 e. The van der Waals surface area contributed by atoms with Crippen LogP contribution in [-0.2, 0) is 4.79 Å². The molecule has 1 N–H and O–H groups in total. The normalized spacial score (nSPS) is 10.8. The maximum Gasteiger partial charge on any atom is 0.277 e. The predicted octanol–water partition coefficient (Wildman–Crippen LogP) is 3.61. The molecule has 0 fully saturated rings. The molecule has 3 aromatic rings. The van der Waals surface area contributed by atoms with E-state index in [4.69, 9.17) is 8.94 Å². The number of carbonyl (C=O) groups is 1. The van der Waals surface area contributed by atoms with Gasteiger partial charge in [0, 0.05) is 30.4 Å². The van der Waals surface area contributed by atoms with Crippen molar-refractivity contribution in [3.8, 4) is 11.5 Å². The van der Waals surface area contributed by atoms with E-state index in [2.05, 4.69) is 39.4 Å². The van der Waals surface area contributed by atoms with Crippen molar-refractivity contribution in [1.82, 2.24) is 15.4 Å². The molecule has 27 heavy (non-hydrogen) atoms. The predicted molar refractivity (Wildman–Crippen MR) is 104 cm³/mol. The molecule has 0 unspecified atom stereocenters. The Morgan fingerprint density at radius 3 is 2.56 bits per heavy atom. The Kier molecular flexibility index (Phi) is 6.12. The first-order valence-corrected chi connectivity index (χ1v) is 9.62. The van der Waals surface area contributed by atoms with Gasteiger partial charge in [-0.3, -0.25) is 10.1 Å². The van der Waals surface area contributed by atoms with Gasteiger partial charge in [0.15, 0.2) is 0 Å². The molecule has 0 bridgehead atoms. The molecular formula is C18H21N5O3S. The van der Waals surface area contributed by atoms with Crippen molar-refractivity contribution in [3.05, 3.63) is 36.0 Å². The molecule has 0 atom stereocenters. The monoisotopic (exact) mass is 387 g/mol. The summed E-state index contributed by atoms with van der Waals surface area (Å²) in [6.45, 7) is 7.93. The summed E-state index contributed by atoms with van der Waals surface area (Å²) in [6, 6.07) is 9.62. The number of aryl methyl sites for hydroxylation is 1. The number of thioether (sulfide) groups is 1. The number of nitrogens with zero attached hydrogens (tertiary/aromatic N) is 4. The first-order chi connectivity index (χ1) is 13.1. The highest BCUT2D eigenvalue weighted by Gasteiger charge is 2.13. The van der Waals surface area contributed by atoms with Gasteiger partial charge in [0.25, 0.3) is 5.22 Å². The number of rotatable bonds is 8. The highest BCUT2D eigenvalue weighted by Crippen LogP contribution is 2.25. The van der Waals surface area contributed by atoms with E-state index in [0.29, 0.717) is 22.7 Å². The van der Waals surface area contributed by atoms with Gasteiger partial charge in [-0.2, -0.15) is 0 Å². The first-order valence-electron chi connectivity index (χ1n) is 8.64. The van der Waals surface area contributed by atoms with Gasteiger partial charge in [-0.25, -0.2) is 0 Å². The van der Waals surface area contributed by atoms with E-state index in [1.54, 1.807) is 13.0 Å². The summed E-state index contributed by atoms with van der Waals surface area (Å²) in [5, 5.41) is 14.7. The molecular weight excluding hydrogens is 366 g/mol. The molecule has 142 valence electrons. The van der Waals surface area contributed by atoms with Crippen LogP contribution in [0.3, 0.4) is 0 Å². The molecule has 1 amide bonds. The van der Waals surface area contributed by atoms with Crippen molar-refractivity contribution in [2.45, 2.75) is 26.0 Å². The number of aromatic nitrogens is 3. The van der Waals surface area contributed by atoms with Crippen LogP contribution in [0.2, 0.25) is 0 Å². The van der Waals surface area contributed by atoms with E-state index in [-0.39, 0.29) is 11.7 Å². The lowest BCUT2D eigenvalue weighted by Gasteiger charge is -2.20. The fourth-order valence-electron chi connectivity index (χ4n) is 2.51. The number of amides is 1. The standard InChI is InChI=1S/C18H21N5O3S/c1-4-23(5-2)14-8-6-13(7-9-14)17-20-21-18(25-17)27-11-15(24)19-16-10-12(3)22-26-16/h6-10H,4-5,11H2,1-3H3,(H,19,24). The number of hydrogen-bond acceptors (Lipinski definition) is 8. The van der Waals surface area contributed by atoms with Crippen LogP contribution >= 0.6 is 11.8 Å². The van der Waals surface area contributed by atoms with Gasteiger partial charge in [0.2, 0.25) is 17.7 Å². The van der Waals surface area contributed by atoms with E-state index in [0.717, 1.165) is 36.1 Å². The Morgan fingerprint density at radius 2 is 1.93 bits per heavy atom. The van der Waals surface area contributed by atoms with Crippen molar-refractivity contribution in [2.24, 2.45) is 0 Å². The molecule has 0 aliphatic rings. The maximum absolute atomic E-state index is 11.9. The van der Waals surface area contributed by atoms with Gasteiger partial charge in [0.05, 0.1) is 11.4 Å². The maximum atomic E-state index is 11.9. The van der Waals surface area contributed by atoms with Crippen LogP contribution in [0, 0.1) is 6.92 Å². The Bertz CT molecular complexity index is 887. The zero-order chi connectivity index (χ0) is 19.2. The summed E-state index contributed by atoms with van der Waals surface area (Å²) < 4.78 is 10.6. The molecule has 8 nitrogen and oxygen atoms in total. The van der Waals surface area contributed by atoms with Crippen molar-refractivity contribution < 1.29 is 13.7 Å². The number of hydrogen-bond donors (Lipinski definition) is 1. The lowest BCUT2D eigenvalue weighted by molar-refractivity contribution is -0.113. The molecule has 0 saturated heterocycles. The second-order valence-electron chi connectivity index (χ2n) is 5.76. The molecule has 2 aromatic heterocycles. The quantitative estimate of drug-likeness (QED) is 0.586. The zero-order valence-corrected chi connectivity index (χ0v) is 16.2. The topological polar surface area (TPSA) is 97.3 Å². The third-order valence-corrected chi connectivity index (χ3v) is 4.69. The fraction of sp³-hybridized carbons (Fsp3) is 0.333. The Balaban J connectivity index is 1.57. The van der Waals surface area contributed by atoms with Gasteiger partial charge < -0.3 is 13.8 Å². The average Bonchev–Trinajstić information content (AvgIpc) is 3.31. The Morgan fingerprint density at radius 1 is 1.19 bits per heavy atom. The molecule has 0 radical (unpaired) electrons. The van der Waals surface area contributed by atoms with E-state index in [1.165, 1.54) is 0 Å². The van der Waals surface area contributed by atoms with Gasteiger partial charge >= 0.3 is 0 Å². The number of anilines is 2. The van der Waals surface area contributed by atoms with Gasteiger partial charge in [-0.15, -0.1) is 10.2 Å². The molecule has 9 heteroatoms. The van der Waals surface area contributed by atoms with E-state index in [9.17, 15) is 4.79 Å². The van der Waals surface area contributed by atoms with Gasteiger partial charge in [0.1, 0.15) is 0 Å². The highest BCUT2D eigenvalue weighted by molar-refractivity contribution is 7.99. The van der Waals surface area contributed by atoms with Crippen LogP contribution in [0.15, 0.2) is 44.5 Å². The first kappa shape index (κ1) is 19.0. The third kappa shape index (κ3) is 4.88. The molecule has 0 spiro atoms. The van der Waals surface area contributed by atoms with Crippen molar-refractivity contribution in [3.63, 3.8) is 0 Å². The fourth-order valence-corrected chi connectivity index (χ4v) is 3.07. The van der Waals surface area contributed by atoms with Crippen LogP contribution in [0.5, 0.6) is 0 Å². The van der Waals surface area contributed by atoms with Gasteiger partial charge in [-0.05, 0) is 45.0 Å². The van der Waals surface area contributed by atoms with Gasteiger partial charge in [-0.1, -0.05) is 16.9 Å². The summed E-state index contributed by atoms with van der Waals surface area (Å²) in [4.78, 5) is 14.2. The summed E-state index contributed by atoms with van der Waals surface area (Å²) in [6.07, 6.45) is 0. The van der Waals surface area contributed by atoms with Crippen LogP contribution in [0.1, 0.15) is 19.5 Å². The van der Waals surface area contributed by atoms with Crippen LogP contribution in [-0.4, -0.2) is 40.1 Å². The van der Waals surface area contributed by atoms with Crippen LogP contribution < -0.4 is 10.2 Å². The second-order valence-corrected chi connectivity index (χ2v) is 6.69. The highest BCUT2D eigenvalue weighted by atomic mass is 32.2. The summed E-state index contributed by atoms with van der Waals surface area (Å²) >= 11 is 1.16. The van der Waals surface area contributed by atoms with Crippen molar-refractivity contribution in [2.75, 3.05) is 29.1 Å². The Hall–Kier alpha value is -2.81. The number of carbonyl (C=O) groups excluding carboxylic acids is 1. The molecule has 0 saturated carbocycles. The van der Waals surface area contributed by atoms with Crippen LogP contribution in [0.4, 0.5) is 11.6 Å². The SMILES string of the molecule is CCN(CC)c1ccc(-c2nnc(SCC(=O)Nc3cc(C)no3)o2)cc1. The molecule has 2 heterocycles. The molecule has 3 rings (SSSR count). The molecule has 0 aliphatic heterocycles. The average molecular weight is 387 g/mol. The summed E-state index contributed by atoms with van der Waals surface area (Å²) in [5.74, 6) is 0.634. The second kappa shape index (κ2) is 8.72. The van der Waals surface area contributed by atoms with E-state index >= 15 is 0 Å². The third-order valence-electron chi connectivity index (χ3n) is 3.87. The smallest absolute Gasteiger partial charge is 0.277 e. The molecule has 1 aromatic carbocycles. The lowest BCUT2D eigenvalue weighted by atomic mass is 10.2. The van der Waals surface area contributed by atoms with Crippen LogP contribution in [0.25, 0.3) is 11.5 Å². The lowest BCUT2D eigenvalue weighted by Crippen LogP contribution is -2.21. The van der Waals surface area contributed by atoms with Crippen molar-refractivity contribution in [1.29, 1.82) is 0 Å². The summed E-state index contributed by atoms with van der Waals surface area (Å²) in [5.41, 5.74) is 2.69. The Labute approximate surface area is 161 Å². The largest absolute Gasteiger partial charge is 0.411 e. The van der Waals surface area contributed by atoms with Crippen molar-refractivity contribution >= 4 is 29.2 Å². The number of nitrogens with one attached hydrogen (secondary N) is 1. The minimum absolute atomic E-state index is 0.127. The number of benzene rings is 1. The molecule has 0 aliphatic carbocycles. The zero-order valence-electron chi connectivity index (χ0n) is 15.4. The van der Waals surface area contributed by atoms with E-state index in [1.807, 2.05) is 24.3 Å². The van der Waals surface area contributed by atoms with E-state index < -0.39 is 0 Å².